The molecule has 10 nitrogen and oxygen atoms in total. The molecule has 0 radical (unpaired) electrons. The van der Waals surface area contributed by atoms with Gasteiger partial charge in [-0.15, -0.1) is 0 Å². The lowest BCUT2D eigenvalue weighted by Gasteiger charge is -2.54. The summed E-state index contributed by atoms with van der Waals surface area (Å²) in [6, 6.07) is -0.937. The summed E-state index contributed by atoms with van der Waals surface area (Å²) in [6.07, 6.45) is -1.34. The van der Waals surface area contributed by atoms with Crippen LogP contribution in [0.4, 0.5) is 0 Å². The number of esters is 2. The van der Waals surface area contributed by atoms with Gasteiger partial charge in [0.1, 0.15) is 12.1 Å². The van der Waals surface area contributed by atoms with E-state index in [2.05, 4.69) is 5.32 Å². The van der Waals surface area contributed by atoms with Crippen LogP contribution in [0.5, 0.6) is 0 Å². The van der Waals surface area contributed by atoms with Crippen LogP contribution in [-0.2, 0) is 32.7 Å². The molecule has 1 aliphatic heterocycles. The summed E-state index contributed by atoms with van der Waals surface area (Å²) in [7, 11) is -4.09. The molecule has 1 heterocycles. The minimum Gasteiger partial charge on any atom is -0.467 e. The summed E-state index contributed by atoms with van der Waals surface area (Å²) in [6.45, 7) is 23.5. The van der Waals surface area contributed by atoms with E-state index in [1.807, 2.05) is 67.7 Å². The smallest absolute Gasteiger partial charge is 0.334 e. The number of hydrogen-bond acceptors (Lipinski definition) is 10. The molecule has 242 valence electrons. The number of cyclic esters (lactones) is 1. The van der Waals surface area contributed by atoms with Crippen LogP contribution in [0.2, 0.25) is 36.3 Å². The molecule has 0 saturated carbocycles. The van der Waals surface area contributed by atoms with Crippen LogP contribution in [0.1, 0.15) is 68.2 Å². The minimum absolute atomic E-state index is 0.0682. The van der Waals surface area contributed by atoms with Crippen LogP contribution in [-0.4, -0.2) is 87.0 Å². The Kier molecular flexibility index (Phi) is 11.1. The van der Waals surface area contributed by atoms with Crippen molar-refractivity contribution in [1.29, 1.82) is 0 Å². The van der Waals surface area contributed by atoms with E-state index in [-0.39, 0.29) is 45.6 Å². The number of hydrogen-bond donors (Lipinski definition) is 3. The maximum atomic E-state index is 13.9. The number of ether oxygens (including phenoxy) is 2. The fourth-order valence-electron chi connectivity index (χ4n) is 4.58. The van der Waals surface area contributed by atoms with E-state index < -0.39 is 64.1 Å². The number of amides is 1. The van der Waals surface area contributed by atoms with E-state index in [1.165, 1.54) is 18.9 Å². The second-order valence-electron chi connectivity index (χ2n) is 14.7. The third-order valence-electron chi connectivity index (χ3n) is 9.22. The number of carbonyl (C=O) groups excluding carboxylic acids is 3. The van der Waals surface area contributed by atoms with Crippen molar-refractivity contribution in [2.75, 3.05) is 18.6 Å². The van der Waals surface area contributed by atoms with Crippen molar-refractivity contribution in [3.63, 3.8) is 0 Å². The number of rotatable bonds is 5. The van der Waals surface area contributed by atoms with Crippen molar-refractivity contribution in [3.05, 3.63) is 11.1 Å². The summed E-state index contributed by atoms with van der Waals surface area (Å²) in [5.41, 5.74) is 0.347. The number of methoxy groups -OCH3 is 1. The second kappa shape index (κ2) is 12.6. The van der Waals surface area contributed by atoms with Crippen LogP contribution in [0.15, 0.2) is 11.1 Å². The highest BCUT2D eigenvalue weighted by Gasteiger charge is 2.60. The fraction of sp³-hybridized carbons (Fsp3) is 0.828. The monoisotopic (exact) mass is 647 g/mol. The molecule has 3 unspecified atom stereocenters. The zero-order chi connectivity index (χ0) is 32.7. The number of thioether (sulfide) groups is 1. The number of nitrogens with one attached hydrogen (secondary N) is 1. The second-order valence-corrected chi connectivity index (χ2v) is 25.2. The van der Waals surface area contributed by atoms with Gasteiger partial charge >= 0.3 is 11.9 Å². The van der Waals surface area contributed by atoms with E-state index in [4.69, 9.17) is 18.3 Å². The largest absolute Gasteiger partial charge is 0.467 e. The molecule has 2 aliphatic rings. The van der Waals surface area contributed by atoms with Gasteiger partial charge in [-0.05, 0) is 43.2 Å². The maximum absolute atomic E-state index is 13.9. The Morgan fingerprint density at radius 3 is 2.02 bits per heavy atom. The average molecular weight is 648 g/mol. The highest BCUT2D eigenvalue weighted by molar-refractivity contribution is 7.99. The van der Waals surface area contributed by atoms with E-state index in [0.717, 1.165) is 0 Å². The summed E-state index contributed by atoms with van der Waals surface area (Å²) < 4.78 is 23.9. The Hall–Kier alpha value is -1.23. The molecule has 0 aromatic rings. The van der Waals surface area contributed by atoms with Crippen molar-refractivity contribution < 1.29 is 42.9 Å². The van der Waals surface area contributed by atoms with Crippen LogP contribution >= 0.6 is 11.8 Å². The molecule has 0 bridgehead atoms. The minimum atomic E-state index is -2.70. The highest BCUT2D eigenvalue weighted by Crippen LogP contribution is 2.52. The zero-order valence-corrected chi connectivity index (χ0v) is 30.5. The standard InChI is InChI=1S/C29H53NO9SSi2/c1-18-14-22(31)30-21(24(32)36-9)16-40-15-20-23(25(33)37-18)19(2)28(34,38-41(10,11)26(3,4)5)17-29(20,35)39-42(12,13)27(6,7)8/h18-19,21,34-35H,14-17H2,1-13H3,(H,30,31)/t18-,19?,21+,28?,29?/m1/s1. The molecule has 0 fully saturated rings. The maximum Gasteiger partial charge on any atom is 0.334 e. The summed E-state index contributed by atoms with van der Waals surface area (Å²) in [5, 5.41) is 26.9. The van der Waals surface area contributed by atoms with E-state index in [9.17, 15) is 24.6 Å². The molecule has 0 aromatic carbocycles. The van der Waals surface area contributed by atoms with Gasteiger partial charge in [-0.2, -0.15) is 11.8 Å². The lowest BCUT2D eigenvalue weighted by molar-refractivity contribution is -0.252. The summed E-state index contributed by atoms with van der Waals surface area (Å²) in [5.74, 6) is -6.51. The first-order valence-corrected chi connectivity index (χ1v) is 21.5. The molecule has 2 rings (SSSR count). The first kappa shape index (κ1) is 37.0. The first-order chi connectivity index (χ1) is 18.8. The molecule has 5 atom stereocenters. The van der Waals surface area contributed by atoms with Gasteiger partial charge in [0.2, 0.25) is 5.91 Å². The quantitative estimate of drug-likeness (QED) is 0.222. The Labute approximate surface area is 257 Å². The predicted molar refractivity (Wildman–Crippen MR) is 169 cm³/mol. The summed E-state index contributed by atoms with van der Waals surface area (Å²) >= 11 is 1.25. The molecule has 0 spiro atoms. The molecule has 1 aliphatic carbocycles. The van der Waals surface area contributed by atoms with Crippen molar-refractivity contribution in [3.8, 4) is 0 Å². The van der Waals surface area contributed by atoms with Crippen molar-refractivity contribution in [2.24, 2.45) is 5.92 Å². The van der Waals surface area contributed by atoms with Crippen molar-refractivity contribution in [1.82, 2.24) is 5.32 Å². The third kappa shape index (κ3) is 8.07. The van der Waals surface area contributed by atoms with E-state index in [1.54, 1.807) is 13.8 Å². The van der Waals surface area contributed by atoms with E-state index >= 15 is 0 Å². The molecular formula is C29H53NO9SSi2. The van der Waals surface area contributed by atoms with Gasteiger partial charge in [0.25, 0.3) is 0 Å². The van der Waals surface area contributed by atoms with Crippen LogP contribution < -0.4 is 5.32 Å². The molecular weight excluding hydrogens is 595 g/mol. The first-order valence-electron chi connectivity index (χ1n) is 14.5. The average Bonchev–Trinajstić information content (AvgIpc) is 2.77. The van der Waals surface area contributed by atoms with Gasteiger partial charge in [-0.25, -0.2) is 9.59 Å². The van der Waals surface area contributed by atoms with Crippen LogP contribution in [0.25, 0.3) is 0 Å². The Morgan fingerprint density at radius 1 is 1.00 bits per heavy atom. The number of aliphatic hydroxyl groups is 2. The molecule has 0 aromatic heterocycles. The van der Waals surface area contributed by atoms with Crippen LogP contribution in [0.3, 0.4) is 0 Å². The predicted octanol–water partition coefficient (Wildman–Crippen LogP) is 4.47. The van der Waals surface area contributed by atoms with Gasteiger partial charge in [0, 0.05) is 23.0 Å². The third-order valence-corrected chi connectivity index (χ3v) is 19.2. The van der Waals surface area contributed by atoms with Gasteiger partial charge in [0.15, 0.2) is 28.2 Å². The Bertz CT molecular complexity index is 1080. The Balaban J connectivity index is 2.80. The molecule has 13 heteroatoms. The lowest BCUT2D eigenvalue weighted by atomic mass is 9.76. The Morgan fingerprint density at radius 2 is 1.52 bits per heavy atom. The number of carbonyl (C=O) groups is 3. The van der Waals surface area contributed by atoms with Gasteiger partial charge in [0.05, 0.1) is 25.5 Å². The molecule has 0 saturated heterocycles. The zero-order valence-electron chi connectivity index (χ0n) is 27.7. The van der Waals surface area contributed by atoms with Crippen molar-refractivity contribution in [2.45, 2.75) is 128 Å². The van der Waals surface area contributed by atoms with Gasteiger partial charge in [-0.1, -0.05) is 48.5 Å². The molecule has 3 N–H and O–H groups in total. The fourth-order valence-corrected chi connectivity index (χ4v) is 8.52. The van der Waals surface area contributed by atoms with Gasteiger partial charge < -0.3 is 33.9 Å². The topological polar surface area (TPSA) is 141 Å². The molecule has 42 heavy (non-hydrogen) atoms. The van der Waals surface area contributed by atoms with Crippen LogP contribution in [0, 0.1) is 5.92 Å². The van der Waals surface area contributed by atoms with Gasteiger partial charge in [-0.3, -0.25) is 4.79 Å². The van der Waals surface area contributed by atoms with Crippen molar-refractivity contribution >= 4 is 46.2 Å². The molecule has 1 amide bonds. The lowest BCUT2D eigenvalue weighted by Crippen LogP contribution is -2.63. The SMILES string of the molecule is COC(=O)[C@@H]1CSCC2=C(C(=O)O[C@H](C)CC(=O)N1)C(C)C(O)(O[Si](C)(C)C(C)(C)C)CC2(O)O[Si](C)(C)C(C)(C)C. The summed E-state index contributed by atoms with van der Waals surface area (Å²) in [4.78, 5) is 39.0. The normalized spacial score (nSPS) is 30.9. The van der Waals surface area contributed by atoms with E-state index in [0.29, 0.717) is 0 Å². The highest BCUT2D eigenvalue weighted by atomic mass is 32.2.